The van der Waals surface area contributed by atoms with Crippen molar-refractivity contribution in [1.29, 1.82) is 0 Å². The van der Waals surface area contributed by atoms with Gasteiger partial charge >= 0.3 is 0 Å². The van der Waals surface area contributed by atoms with Crippen molar-refractivity contribution in [3.05, 3.63) is 33.9 Å². The van der Waals surface area contributed by atoms with Crippen molar-refractivity contribution in [2.75, 3.05) is 0 Å². The van der Waals surface area contributed by atoms with Crippen LogP contribution < -0.4 is 0 Å². The van der Waals surface area contributed by atoms with Crippen LogP contribution in [-0.4, -0.2) is 0 Å². The predicted molar refractivity (Wildman–Crippen MR) is 66.6 cm³/mol. The zero-order valence-corrected chi connectivity index (χ0v) is 10.5. The van der Waals surface area contributed by atoms with Crippen LogP contribution in [0.2, 0.25) is 0 Å². The molecule has 1 aromatic rings. The summed E-state index contributed by atoms with van der Waals surface area (Å²) in [6.07, 6.45) is 5.38. The molecule has 0 bridgehead atoms. The average Bonchev–Trinajstić information content (AvgIpc) is 2.59. The van der Waals surface area contributed by atoms with Crippen LogP contribution in [0.3, 0.4) is 0 Å². The molecular formula is C15H22. The highest BCUT2D eigenvalue weighted by atomic mass is 14.3. The molecule has 0 heterocycles. The molecule has 0 saturated heterocycles. The minimum absolute atomic E-state index is 0.850. The Morgan fingerprint density at radius 3 is 2.60 bits per heavy atom. The van der Waals surface area contributed by atoms with Gasteiger partial charge in [-0.15, -0.1) is 0 Å². The van der Waals surface area contributed by atoms with Gasteiger partial charge in [-0.1, -0.05) is 19.4 Å². The zero-order valence-electron chi connectivity index (χ0n) is 10.5. The molecule has 0 heteroatoms. The van der Waals surface area contributed by atoms with Crippen LogP contribution in [0.1, 0.15) is 59.9 Å². The fourth-order valence-corrected chi connectivity index (χ4v) is 2.99. The molecule has 1 atom stereocenters. The topological polar surface area (TPSA) is 0 Å². The molecule has 1 aliphatic carbocycles. The van der Waals surface area contributed by atoms with Crippen molar-refractivity contribution < 1.29 is 0 Å². The van der Waals surface area contributed by atoms with Gasteiger partial charge in [0.05, 0.1) is 0 Å². The molecule has 1 aromatic carbocycles. The Hall–Kier alpha value is -0.780. The maximum absolute atomic E-state index is 2.45. The molecule has 0 amide bonds. The molecule has 0 nitrogen and oxygen atoms in total. The summed E-state index contributed by atoms with van der Waals surface area (Å²) in [5.41, 5.74) is 7.87. The molecule has 0 N–H and O–H groups in total. The third-order valence-corrected chi connectivity index (χ3v) is 4.15. The van der Waals surface area contributed by atoms with E-state index in [-0.39, 0.29) is 0 Å². The second-order valence-electron chi connectivity index (χ2n) is 5.04. The van der Waals surface area contributed by atoms with E-state index in [2.05, 4.69) is 33.8 Å². The molecule has 2 rings (SSSR count). The highest BCUT2D eigenvalue weighted by Gasteiger charge is 2.24. The summed E-state index contributed by atoms with van der Waals surface area (Å²) in [6.45, 7) is 9.11. The number of hydrogen-bond acceptors (Lipinski definition) is 0. The molecule has 0 aromatic heterocycles. The van der Waals surface area contributed by atoms with Gasteiger partial charge in [0.2, 0.25) is 0 Å². The third-order valence-electron chi connectivity index (χ3n) is 4.15. The number of benzene rings is 1. The molecule has 82 valence electrons. The summed E-state index contributed by atoms with van der Waals surface area (Å²) in [4.78, 5) is 0. The summed E-state index contributed by atoms with van der Waals surface area (Å²) in [5, 5.41) is 0. The third kappa shape index (κ3) is 1.71. The molecule has 1 aliphatic rings. The molecule has 0 spiro atoms. The Kier molecular flexibility index (Phi) is 2.86. The number of hydrogen-bond donors (Lipinski definition) is 0. The first-order chi connectivity index (χ1) is 7.15. The van der Waals surface area contributed by atoms with E-state index in [1.807, 2.05) is 0 Å². The first kappa shape index (κ1) is 10.7. The van der Waals surface area contributed by atoms with Crippen molar-refractivity contribution in [1.82, 2.24) is 0 Å². The fourth-order valence-electron chi connectivity index (χ4n) is 2.99. The number of fused-ring (bicyclic) bond motifs is 1. The minimum atomic E-state index is 0.850. The molecule has 1 unspecified atom stereocenters. The van der Waals surface area contributed by atoms with Gasteiger partial charge in [-0.3, -0.25) is 0 Å². The molecule has 0 aliphatic heterocycles. The van der Waals surface area contributed by atoms with Gasteiger partial charge in [0.15, 0.2) is 0 Å². The first-order valence-electron chi connectivity index (χ1n) is 6.24. The summed E-state index contributed by atoms with van der Waals surface area (Å²) < 4.78 is 0. The van der Waals surface area contributed by atoms with Gasteiger partial charge in [-0.2, -0.15) is 0 Å². The van der Waals surface area contributed by atoms with Crippen LogP contribution >= 0.6 is 0 Å². The molecule has 15 heavy (non-hydrogen) atoms. The van der Waals surface area contributed by atoms with Crippen LogP contribution in [0.4, 0.5) is 0 Å². The van der Waals surface area contributed by atoms with Crippen LogP contribution in [0.25, 0.3) is 0 Å². The maximum Gasteiger partial charge on any atom is -0.0156 e. The Balaban J connectivity index is 2.46. The second-order valence-corrected chi connectivity index (χ2v) is 5.04. The van der Waals surface area contributed by atoms with Crippen molar-refractivity contribution in [3.63, 3.8) is 0 Å². The molecule has 0 radical (unpaired) electrons. The van der Waals surface area contributed by atoms with Gasteiger partial charge in [-0.25, -0.2) is 0 Å². The number of rotatable bonds is 2. The largest absolute Gasteiger partial charge is 0.0654 e. The summed E-state index contributed by atoms with van der Waals surface area (Å²) >= 11 is 0. The van der Waals surface area contributed by atoms with E-state index in [1.54, 1.807) is 16.7 Å². The fraction of sp³-hybridized carbons (Fsp3) is 0.600. The summed E-state index contributed by atoms with van der Waals surface area (Å²) in [5.74, 6) is 0.850. The Labute approximate surface area is 93.7 Å². The van der Waals surface area contributed by atoms with Gasteiger partial charge in [0.25, 0.3) is 0 Å². The quantitative estimate of drug-likeness (QED) is 0.665. The highest BCUT2D eigenvalue weighted by Crippen LogP contribution is 2.39. The lowest BCUT2D eigenvalue weighted by molar-refractivity contribution is 0.608. The lowest BCUT2D eigenvalue weighted by atomic mass is 9.91. The lowest BCUT2D eigenvalue weighted by Gasteiger charge is -2.14. The van der Waals surface area contributed by atoms with Crippen molar-refractivity contribution in [2.24, 2.45) is 0 Å². The van der Waals surface area contributed by atoms with Gasteiger partial charge in [0, 0.05) is 0 Å². The number of aryl methyl sites for hydroxylation is 1. The molecule has 0 saturated carbocycles. The molecule has 0 fully saturated rings. The monoisotopic (exact) mass is 202 g/mol. The van der Waals surface area contributed by atoms with E-state index >= 15 is 0 Å². The lowest BCUT2D eigenvalue weighted by Crippen LogP contribution is -1.97. The predicted octanol–water partition coefficient (Wildman–Crippen LogP) is 4.44. The zero-order chi connectivity index (χ0) is 11.0. The van der Waals surface area contributed by atoms with E-state index in [1.165, 1.54) is 36.8 Å². The van der Waals surface area contributed by atoms with Gasteiger partial charge in [0.1, 0.15) is 0 Å². The Morgan fingerprint density at radius 2 is 1.93 bits per heavy atom. The normalized spacial score (nSPS) is 19.3. The minimum Gasteiger partial charge on any atom is -0.0654 e. The SMILES string of the molecule is CCCC1CCc2c1cc(C)c(C)c2C. The smallest absolute Gasteiger partial charge is 0.0156 e. The highest BCUT2D eigenvalue weighted by molar-refractivity contribution is 5.48. The van der Waals surface area contributed by atoms with Crippen molar-refractivity contribution in [3.8, 4) is 0 Å². The van der Waals surface area contributed by atoms with E-state index < -0.39 is 0 Å². The first-order valence-corrected chi connectivity index (χ1v) is 6.24. The average molecular weight is 202 g/mol. The van der Waals surface area contributed by atoms with Crippen molar-refractivity contribution in [2.45, 2.75) is 59.3 Å². The Morgan fingerprint density at radius 1 is 1.20 bits per heavy atom. The summed E-state index contributed by atoms with van der Waals surface area (Å²) in [7, 11) is 0. The van der Waals surface area contributed by atoms with E-state index in [0.717, 1.165) is 5.92 Å². The van der Waals surface area contributed by atoms with Crippen LogP contribution in [-0.2, 0) is 6.42 Å². The van der Waals surface area contributed by atoms with Crippen LogP contribution in [0, 0.1) is 20.8 Å². The summed E-state index contributed by atoms with van der Waals surface area (Å²) in [6, 6.07) is 2.45. The van der Waals surface area contributed by atoms with Gasteiger partial charge < -0.3 is 0 Å². The van der Waals surface area contributed by atoms with Crippen LogP contribution in [0.5, 0.6) is 0 Å². The van der Waals surface area contributed by atoms with E-state index in [0.29, 0.717) is 0 Å². The van der Waals surface area contributed by atoms with E-state index in [4.69, 9.17) is 0 Å². The molecular weight excluding hydrogens is 180 g/mol. The Bertz CT molecular complexity index is 374. The second kappa shape index (κ2) is 4.00. The van der Waals surface area contributed by atoms with Crippen LogP contribution in [0.15, 0.2) is 6.07 Å². The van der Waals surface area contributed by atoms with Gasteiger partial charge in [-0.05, 0) is 73.8 Å². The van der Waals surface area contributed by atoms with Crippen molar-refractivity contribution >= 4 is 0 Å². The van der Waals surface area contributed by atoms with E-state index in [9.17, 15) is 0 Å². The standard InChI is InChI=1S/C15H22/c1-5-6-13-7-8-14-12(4)11(3)10(2)9-15(13)14/h9,13H,5-8H2,1-4H3. The maximum atomic E-state index is 2.45.